The van der Waals surface area contributed by atoms with Crippen LogP contribution in [0.1, 0.15) is 31.4 Å². The van der Waals surface area contributed by atoms with Crippen LogP contribution in [0.5, 0.6) is 5.88 Å². The first kappa shape index (κ1) is 29.2. The summed E-state index contributed by atoms with van der Waals surface area (Å²) >= 11 is 0. The van der Waals surface area contributed by atoms with Gasteiger partial charge >= 0.3 is 0 Å². The van der Waals surface area contributed by atoms with E-state index in [4.69, 9.17) is 14.5 Å². The van der Waals surface area contributed by atoms with E-state index in [2.05, 4.69) is 16.2 Å². The molecule has 0 fully saturated rings. The summed E-state index contributed by atoms with van der Waals surface area (Å²) in [5, 5.41) is 7.51. The quantitative estimate of drug-likeness (QED) is 0.160. The minimum atomic E-state index is -0.732. The molecule has 0 aliphatic carbocycles. The molecule has 0 saturated carbocycles. The second-order valence-corrected chi connectivity index (χ2v) is 11.4. The smallest absolute Gasteiger partial charge is 0.213 e. The molecule has 5 rings (SSSR count). The lowest BCUT2D eigenvalue weighted by molar-refractivity contribution is -0.112. The molecule has 2 aromatic carbocycles. The van der Waals surface area contributed by atoms with Crippen molar-refractivity contribution in [1.82, 2.24) is 15.0 Å². The van der Waals surface area contributed by atoms with Crippen LogP contribution in [0.4, 0.5) is 5.69 Å². The van der Waals surface area contributed by atoms with Crippen molar-refractivity contribution in [2.45, 2.75) is 32.3 Å². The van der Waals surface area contributed by atoms with Crippen LogP contribution in [0.25, 0.3) is 22.0 Å². The number of nitrogens with zero attached hydrogens (tertiary/aromatic N) is 5. The molecule has 0 bridgehead atoms. The van der Waals surface area contributed by atoms with Gasteiger partial charge in [-0.1, -0.05) is 36.4 Å². The number of benzene rings is 2. The summed E-state index contributed by atoms with van der Waals surface area (Å²) in [6, 6.07) is 20.1. The van der Waals surface area contributed by atoms with Gasteiger partial charge in [0.2, 0.25) is 5.88 Å². The Morgan fingerprint density at radius 1 is 1.02 bits per heavy atom. The van der Waals surface area contributed by atoms with E-state index in [9.17, 15) is 4.79 Å². The second-order valence-electron chi connectivity index (χ2n) is 11.4. The number of ether oxygens (including phenoxy) is 2. The largest absolute Gasteiger partial charge is 0.475 e. The minimum Gasteiger partial charge on any atom is -0.475 e. The molecule has 1 unspecified atom stereocenters. The average molecular weight is 566 g/mol. The number of hydrogen-bond acceptors (Lipinski definition) is 8. The molecule has 42 heavy (non-hydrogen) atoms. The fourth-order valence-electron chi connectivity index (χ4n) is 5.68. The molecule has 0 radical (unpaired) electrons. The third-order valence-electron chi connectivity index (χ3n) is 7.89. The first-order valence-electron chi connectivity index (χ1n) is 14.3. The highest BCUT2D eigenvalue weighted by Gasteiger charge is 2.37. The van der Waals surface area contributed by atoms with Gasteiger partial charge in [-0.2, -0.15) is 5.10 Å². The molecule has 1 aliphatic heterocycles. The molecule has 3 heterocycles. The predicted molar refractivity (Wildman–Crippen MR) is 168 cm³/mol. The fraction of sp³-hybridized carbons (Fsp3) is 0.353. The average Bonchev–Trinajstić information content (AvgIpc) is 3.32. The Balaban J connectivity index is 1.37. The van der Waals surface area contributed by atoms with Crippen molar-refractivity contribution in [2.24, 2.45) is 11.0 Å². The standard InChI is InChI=1S/C34H39N5O3/c1-24-28(21-39(5)37-24)18-34(2,23-40)33-29-17-26(11-13-30(29)35-20-31(33)38(3)4)27-12-14-32(36-19-27)42-16-15-41-22-25-9-7-6-8-10-25/h6-14,17,19-20,23,28H,15-16,18,21-22H2,1-5H3/t28?,34-/m1/s1. The molecule has 8 nitrogen and oxygen atoms in total. The van der Waals surface area contributed by atoms with E-state index >= 15 is 0 Å². The van der Waals surface area contributed by atoms with Gasteiger partial charge in [-0.25, -0.2) is 4.98 Å². The van der Waals surface area contributed by atoms with E-state index in [-0.39, 0.29) is 5.92 Å². The Hall–Kier alpha value is -4.30. The number of rotatable bonds is 12. The highest BCUT2D eigenvalue weighted by molar-refractivity contribution is 5.95. The number of aldehydes is 1. The molecule has 218 valence electrons. The Morgan fingerprint density at radius 2 is 1.81 bits per heavy atom. The summed E-state index contributed by atoms with van der Waals surface area (Å²) in [6.45, 7) is 6.34. The van der Waals surface area contributed by atoms with Crippen LogP contribution in [0, 0.1) is 5.92 Å². The molecule has 1 aliphatic rings. The van der Waals surface area contributed by atoms with E-state index in [0.717, 1.165) is 57.4 Å². The van der Waals surface area contributed by atoms with E-state index in [1.54, 1.807) is 0 Å². The summed E-state index contributed by atoms with van der Waals surface area (Å²) in [7, 11) is 5.96. The first-order chi connectivity index (χ1) is 20.3. The number of aromatic nitrogens is 2. The number of pyridine rings is 2. The SMILES string of the molecule is CC1=NN(C)CC1C[C@](C)(C=O)c1c(N(C)C)cnc2ccc(-c3ccc(OCCOCc4ccccc4)nc3)cc12. The lowest BCUT2D eigenvalue weighted by Crippen LogP contribution is -2.33. The van der Waals surface area contributed by atoms with Crippen LogP contribution >= 0.6 is 0 Å². The molecule has 0 saturated heterocycles. The number of carbonyl (C=O) groups is 1. The summed E-state index contributed by atoms with van der Waals surface area (Å²) in [6.07, 6.45) is 5.46. The fourth-order valence-corrected chi connectivity index (χ4v) is 5.68. The summed E-state index contributed by atoms with van der Waals surface area (Å²) in [4.78, 5) is 24.2. The van der Waals surface area contributed by atoms with Crippen molar-refractivity contribution < 1.29 is 14.3 Å². The van der Waals surface area contributed by atoms with Gasteiger partial charge in [-0.15, -0.1) is 0 Å². The van der Waals surface area contributed by atoms with Gasteiger partial charge in [0.25, 0.3) is 0 Å². The van der Waals surface area contributed by atoms with Crippen LogP contribution < -0.4 is 9.64 Å². The number of hydrogen-bond donors (Lipinski definition) is 0. The van der Waals surface area contributed by atoms with Gasteiger partial charge in [0.1, 0.15) is 12.9 Å². The van der Waals surface area contributed by atoms with Crippen LogP contribution in [0.3, 0.4) is 0 Å². The number of hydrazone groups is 1. The zero-order chi connectivity index (χ0) is 29.7. The Kier molecular flexibility index (Phi) is 8.83. The maximum atomic E-state index is 12.9. The van der Waals surface area contributed by atoms with E-state index in [1.165, 1.54) is 0 Å². The Bertz CT molecular complexity index is 1560. The minimum absolute atomic E-state index is 0.201. The van der Waals surface area contributed by atoms with Gasteiger partial charge in [-0.05, 0) is 55.2 Å². The maximum Gasteiger partial charge on any atom is 0.213 e. The van der Waals surface area contributed by atoms with E-state index in [0.29, 0.717) is 32.1 Å². The van der Waals surface area contributed by atoms with Crippen molar-refractivity contribution in [3.05, 3.63) is 84.2 Å². The molecule has 0 N–H and O–H groups in total. The lowest BCUT2D eigenvalue weighted by atomic mass is 9.73. The van der Waals surface area contributed by atoms with Gasteiger partial charge in [0.15, 0.2) is 0 Å². The molecule has 2 atom stereocenters. The van der Waals surface area contributed by atoms with E-state index in [1.807, 2.05) is 112 Å². The Labute approximate surface area is 248 Å². The first-order valence-corrected chi connectivity index (χ1v) is 14.3. The van der Waals surface area contributed by atoms with Crippen LogP contribution in [0.15, 0.2) is 78.2 Å². The van der Waals surface area contributed by atoms with Crippen LogP contribution in [-0.4, -0.2) is 67.9 Å². The zero-order valence-corrected chi connectivity index (χ0v) is 25.1. The predicted octanol–water partition coefficient (Wildman–Crippen LogP) is 5.74. The third kappa shape index (κ3) is 6.44. The van der Waals surface area contributed by atoms with Crippen LogP contribution in [0.2, 0.25) is 0 Å². The van der Waals surface area contributed by atoms with Crippen molar-refractivity contribution in [3.63, 3.8) is 0 Å². The molecule has 8 heteroatoms. The van der Waals surface area contributed by atoms with E-state index < -0.39 is 5.41 Å². The molecular weight excluding hydrogens is 526 g/mol. The molecule has 0 amide bonds. The van der Waals surface area contributed by atoms with Crippen molar-refractivity contribution in [3.8, 4) is 17.0 Å². The van der Waals surface area contributed by atoms with Crippen molar-refractivity contribution in [1.29, 1.82) is 0 Å². The molecule has 2 aromatic heterocycles. The Morgan fingerprint density at radius 3 is 2.48 bits per heavy atom. The second kappa shape index (κ2) is 12.7. The topological polar surface area (TPSA) is 80.2 Å². The van der Waals surface area contributed by atoms with Crippen LogP contribution in [-0.2, 0) is 21.6 Å². The summed E-state index contributed by atoms with van der Waals surface area (Å²) < 4.78 is 11.5. The highest BCUT2D eigenvalue weighted by atomic mass is 16.5. The van der Waals surface area contributed by atoms with Gasteiger partial charge in [0.05, 0.1) is 36.0 Å². The molecule has 0 spiro atoms. The van der Waals surface area contributed by atoms with Gasteiger partial charge < -0.3 is 19.2 Å². The van der Waals surface area contributed by atoms with Gasteiger partial charge in [0, 0.05) is 62.5 Å². The summed E-state index contributed by atoms with van der Waals surface area (Å²) in [5.41, 5.74) is 6.20. The number of fused-ring (bicyclic) bond motifs is 1. The maximum absolute atomic E-state index is 12.9. The van der Waals surface area contributed by atoms with Crippen molar-refractivity contribution in [2.75, 3.05) is 45.8 Å². The highest BCUT2D eigenvalue weighted by Crippen LogP contribution is 2.41. The van der Waals surface area contributed by atoms with Crippen molar-refractivity contribution >= 4 is 28.6 Å². The zero-order valence-electron chi connectivity index (χ0n) is 25.1. The lowest BCUT2D eigenvalue weighted by Gasteiger charge is -2.32. The molecular formula is C34H39N5O3. The normalized spacial score (nSPS) is 16.3. The third-order valence-corrected chi connectivity index (χ3v) is 7.89. The number of carbonyl (C=O) groups excluding carboxylic acids is 1. The van der Waals surface area contributed by atoms with Gasteiger partial charge in [-0.3, -0.25) is 9.99 Å². The number of anilines is 1. The molecule has 4 aromatic rings. The monoisotopic (exact) mass is 565 g/mol. The summed E-state index contributed by atoms with van der Waals surface area (Å²) in [5.74, 6) is 0.749.